The van der Waals surface area contributed by atoms with Crippen LogP contribution in [-0.2, 0) is 0 Å². The third-order valence-electron chi connectivity index (χ3n) is 2.08. The second kappa shape index (κ2) is 5.53. The summed E-state index contributed by atoms with van der Waals surface area (Å²) in [7, 11) is 0. The van der Waals surface area contributed by atoms with Gasteiger partial charge in [-0.25, -0.2) is 4.98 Å². The lowest BCUT2D eigenvalue weighted by Crippen LogP contribution is -2.12. The van der Waals surface area contributed by atoms with Crippen molar-refractivity contribution >= 4 is 5.82 Å². The van der Waals surface area contributed by atoms with Gasteiger partial charge in [-0.2, -0.15) is 18.4 Å². The van der Waals surface area contributed by atoms with Crippen molar-refractivity contribution < 1.29 is 13.2 Å². The first kappa shape index (κ1) is 13.3. The van der Waals surface area contributed by atoms with Crippen LogP contribution in [0.1, 0.15) is 24.1 Å². The molecule has 3 nitrogen and oxygen atoms in total. The molecule has 1 N–H and O–H groups in total. The third kappa shape index (κ3) is 4.72. The Balaban J connectivity index is 2.52. The first-order chi connectivity index (χ1) is 7.92. The second-order valence-electron chi connectivity index (χ2n) is 3.61. The summed E-state index contributed by atoms with van der Waals surface area (Å²) < 4.78 is 35.7. The highest BCUT2D eigenvalue weighted by molar-refractivity contribution is 5.52. The number of hydrogen-bond acceptors (Lipinski definition) is 3. The molecule has 1 aromatic heterocycles. The Labute approximate surface area is 97.3 Å². The number of rotatable bonds is 4. The van der Waals surface area contributed by atoms with Crippen LogP contribution in [0.3, 0.4) is 0 Å². The summed E-state index contributed by atoms with van der Waals surface area (Å²) in [5, 5.41) is 11.5. The van der Waals surface area contributed by atoms with Crippen LogP contribution in [0.2, 0.25) is 0 Å². The molecule has 92 valence electrons. The van der Waals surface area contributed by atoms with Gasteiger partial charge in [0.15, 0.2) is 0 Å². The van der Waals surface area contributed by atoms with Gasteiger partial charge in [0.1, 0.15) is 11.9 Å². The summed E-state index contributed by atoms with van der Waals surface area (Å²) in [6.07, 6.45) is -5.02. The van der Waals surface area contributed by atoms with Crippen LogP contribution in [0.15, 0.2) is 12.1 Å². The zero-order valence-electron chi connectivity index (χ0n) is 9.30. The molecule has 0 aliphatic heterocycles. The number of hydrogen-bond donors (Lipinski definition) is 1. The lowest BCUT2D eigenvalue weighted by atomic mass is 10.2. The minimum atomic E-state index is -4.14. The van der Waals surface area contributed by atoms with Crippen molar-refractivity contribution in [3.63, 3.8) is 0 Å². The number of halogens is 3. The molecule has 0 amide bonds. The highest BCUT2D eigenvalue weighted by Crippen LogP contribution is 2.21. The summed E-state index contributed by atoms with van der Waals surface area (Å²) in [6, 6.07) is 5.20. The number of aryl methyl sites for hydroxylation is 1. The standard InChI is InChI=1S/C11H12F3N3/c1-8-3-4-9(7-15)10(17-8)16-6-2-5-11(12,13)14/h3-4H,2,5-6H2,1H3,(H,16,17). The third-order valence-corrected chi connectivity index (χ3v) is 2.08. The van der Waals surface area contributed by atoms with Crippen molar-refractivity contribution in [1.29, 1.82) is 5.26 Å². The van der Waals surface area contributed by atoms with Crippen molar-refractivity contribution in [3.8, 4) is 6.07 Å². The van der Waals surface area contributed by atoms with Crippen LogP contribution < -0.4 is 5.32 Å². The molecule has 1 heterocycles. The molecule has 0 saturated carbocycles. The monoisotopic (exact) mass is 243 g/mol. The van der Waals surface area contributed by atoms with E-state index in [1.54, 1.807) is 19.1 Å². The normalized spacial score (nSPS) is 11.0. The van der Waals surface area contributed by atoms with Crippen LogP contribution in [0.5, 0.6) is 0 Å². The fourth-order valence-electron chi connectivity index (χ4n) is 1.28. The van der Waals surface area contributed by atoms with Crippen LogP contribution in [0.4, 0.5) is 19.0 Å². The molecular formula is C11H12F3N3. The molecule has 1 rings (SSSR count). The molecule has 0 saturated heterocycles. The molecule has 0 atom stereocenters. The van der Waals surface area contributed by atoms with Crippen LogP contribution in [-0.4, -0.2) is 17.7 Å². The highest BCUT2D eigenvalue weighted by atomic mass is 19.4. The first-order valence-electron chi connectivity index (χ1n) is 5.11. The maximum Gasteiger partial charge on any atom is 0.389 e. The van der Waals surface area contributed by atoms with Crippen molar-refractivity contribution in [1.82, 2.24) is 4.98 Å². The van der Waals surface area contributed by atoms with Crippen molar-refractivity contribution in [2.24, 2.45) is 0 Å². The Bertz CT molecular complexity index is 421. The van der Waals surface area contributed by atoms with Gasteiger partial charge in [-0.15, -0.1) is 0 Å². The molecule has 1 aromatic rings. The number of nitriles is 1. The van der Waals surface area contributed by atoms with Gasteiger partial charge in [-0.3, -0.25) is 0 Å². The first-order valence-corrected chi connectivity index (χ1v) is 5.11. The van der Waals surface area contributed by atoms with Gasteiger partial charge in [-0.05, 0) is 25.5 Å². The summed E-state index contributed by atoms with van der Waals surface area (Å²) in [5.74, 6) is 0.342. The molecule has 0 bridgehead atoms. The van der Waals surface area contributed by atoms with Crippen molar-refractivity contribution in [2.75, 3.05) is 11.9 Å². The predicted molar refractivity (Wildman–Crippen MR) is 57.5 cm³/mol. The van der Waals surface area contributed by atoms with Crippen LogP contribution in [0.25, 0.3) is 0 Å². The number of nitrogens with one attached hydrogen (secondary N) is 1. The zero-order chi connectivity index (χ0) is 12.9. The van der Waals surface area contributed by atoms with Gasteiger partial charge in [0.2, 0.25) is 0 Å². The number of aromatic nitrogens is 1. The molecule has 0 unspecified atom stereocenters. The summed E-state index contributed by atoms with van der Waals surface area (Å²) >= 11 is 0. The largest absolute Gasteiger partial charge is 0.389 e. The molecule has 6 heteroatoms. The van der Waals surface area contributed by atoms with E-state index in [4.69, 9.17) is 5.26 Å². The fourth-order valence-corrected chi connectivity index (χ4v) is 1.28. The SMILES string of the molecule is Cc1ccc(C#N)c(NCCCC(F)(F)F)n1. The number of alkyl halides is 3. The Morgan fingerprint density at radius 1 is 1.41 bits per heavy atom. The molecule has 0 fully saturated rings. The average Bonchev–Trinajstić information content (AvgIpc) is 2.23. The molecule has 0 spiro atoms. The topological polar surface area (TPSA) is 48.7 Å². The fraction of sp³-hybridized carbons (Fsp3) is 0.455. The van der Waals surface area contributed by atoms with E-state index in [0.717, 1.165) is 0 Å². The lowest BCUT2D eigenvalue weighted by molar-refractivity contribution is -0.134. The van der Waals surface area contributed by atoms with Gasteiger partial charge in [0.25, 0.3) is 0 Å². The van der Waals surface area contributed by atoms with Crippen LogP contribution in [0, 0.1) is 18.3 Å². The Morgan fingerprint density at radius 3 is 2.71 bits per heavy atom. The molecule has 0 aliphatic rings. The molecule has 0 aromatic carbocycles. The summed E-state index contributed by atoms with van der Waals surface area (Å²) in [6.45, 7) is 1.90. The van der Waals surface area contributed by atoms with E-state index in [0.29, 0.717) is 17.1 Å². The zero-order valence-corrected chi connectivity index (χ0v) is 9.30. The van der Waals surface area contributed by atoms with Crippen molar-refractivity contribution in [2.45, 2.75) is 25.9 Å². The average molecular weight is 243 g/mol. The van der Waals surface area contributed by atoms with E-state index < -0.39 is 12.6 Å². The van der Waals surface area contributed by atoms with E-state index >= 15 is 0 Å². The minimum Gasteiger partial charge on any atom is -0.369 e. The van der Waals surface area contributed by atoms with Crippen molar-refractivity contribution in [3.05, 3.63) is 23.4 Å². The Kier molecular flexibility index (Phi) is 4.32. The van der Waals surface area contributed by atoms with Gasteiger partial charge >= 0.3 is 6.18 Å². The van der Waals surface area contributed by atoms with Gasteiger partial charge in [-0.1, -0.05) is 0 Å². The number of anilines is 1. The van der Waals surface area contributed by atoms with E-state index in [-0.39, 0.29) is 13.0 Å². The maximum atomic E-state index is 11.9. The predicted octanol–water partition coefficient (Wildman–Crippen LogP) is 3.02. The van der Waals surface area contributed by atoms with Gasteiger partial charge in [0.05, 0.1) is 5.56 Å². The quantitative estimate of drug-likeness (QED) is 0.827. The number of nitrogens with zero attached hydrogens (tertiary/aromatic N) is 2. The summed E-state index contributed by atoms with van der Waals surface area (Å²) in [5.41, 5.74) is 1.05. The highest BCUT2D eigenvalue weighted by Gasteiger charge is 2.25. The van der Waals surface area contributed by atoms with E-state index in [9.17, 15) is 13.2 Å². The molecule has 0 aliphatic carbocycles. The molecular weight excluding hydrogens is 231 g/mol. The maximum absolute atomic E-state index is 11.9. The Morgan fingerprint density at radius 2 is 2.12 bits per heavy atom. The summed E-state index contributed by atoms with van der Waals surface area (Å²) in [4.78, 5) is 4.06. The second-order valence-corrected chi connectivity index (χ2v) is 3.61. The van der Waals surface area contributed by atoms with E-state index in [1.807, 2.05) is 6.07 Å². The Hall–Kier alpha value is -1.77. The van der Waals surface area contributed by atoms with Gasteiger partial charge < -0.3 is 5.32 Å². The minimum absolute atomic E-state index is 0.0377. The smallest absolute Gasteiger partial charge is 0.369 e. The van der Waals surface area contributed by atoms with Crippen LogP contribution >= 0.6 is 0 Å². The molecule has 0 radical (unpaired) electrons. The van der Waals surface area contributed by atoms with E-state index in [1.165, 1.54) is 0 Å². The number of pyridine rings is 1. The van der Waals surface area contributed by atoms with Gasteiger partial charge in [0, 0.05) is 18.7 Å². The lowest BCUT2D eigenvalue weighted by Gasteiger charge is -2.09. The molecule has 17 heavy (non-hydrogen) atoms. The van der Waals surface area contributed by atoms with E-state index in [2.05, 4.69) is 10.3 Å².